The molecule has 0 fully saturated rings. The standard InChI is InChI=1S/C12H16FNO2/c1-8-3-4-10(13)5-9(8)6-12(2,7-14)11(15)16/h3-5H,6-7,14H2,1-2H3,(H,15,16). The van der Waals surface area contributed by atoms with Crippen molar-refractivity contribution in [2.75, 3.05) is 6.54 Å². The molecule has 0 heterocycles. The summed E-state index contributed by atoms with van der Waals surface area (Å²) in [6.45, 7) is 3.42. The van der Waals surface area contributed by atoms with Crippen molar-refractivity contribution in [3.05, 3.63) is 35.1 Å². The molecule has 1 aromatic rings. The van der Waals surface area contributed by atoms with E-state index in [-0.39, 0.29) is 18.8 Å². The number of rotatable bonds is 4. The lowest BCUT2D eigenvalue weighted by atomic mass is 9.82. The van der Waals surface area contributed by atoms with E-state index in [2.05, 4.69) is 0 Å². The minimum Gasteiger partial charge on any atom is -0.481 e. The monoisotopic (exact) mass is 225 g/mol. The van der Waals surface area contributed by atoms with Crippen molar-refractivity contribution in [1.29, 1.82) is 0 Å². The predicted molar refractivity (Wildman–Crippen MR) is 59.6 cm³/mol. The molecule has 1 atom stereocenters. The van der Waals surface area contributed by atoms with Crippen LogP contribution >= 0.6 is 0 Å². The van der Waals surface area contributed by atoms with Crippen LogP contribution < -0.4 is 5.73 Å². The van der Waals surface area contributed by atoms with Gasteiger partial charge in [-0.2, -0.15) is 0 Å². The summed E-state index contributed by atoms with van der Waals surface area (Å²) < 4.78 is 13.0. The number of hydrogen-bond acceptors (Lipinski definition) is 2. The number of benzene rings is 1. The van der Waals surface area contributed by atoms with Gasteiger partial charge in [-0.1, -0.05) is 6.07 Å². The summed E-state index contributed by atoms with van der Waals surface area (Å²) in [4.78, 5) is 11.1. The molecule has 0 spiro atoms. The maximum Gasteiger partial charge on any atom is 0.310 e. The highest BCUT2D eigenvalue weighted by Gasteiger charge is 2.32. The van der Waals surface area contributed by atoms with Crippen molar-refractivity contribution in [3.63, 3.8) is 0 Å². The van der Waals surface area contributed by atoms with Crippen LogP contribution in [0.4, 0.5) is 4.39 Å². The Bertz CT molecular complexity index is 406. The van der Waals surface area contributed by atoms with Crippen LogP contribution in [-0.2, 0) is 11.2 Å². The molecule has 0 radical (unpaired) electrons. The number of hydrogen-bond donors (Lipinski definition) is 2. The van der Waals surface area contributed by atoms with Gasteiger partial charge in [0.15, 0.2) is 0 Å². The van der Waals surface area contributed by atoms with Gasteiger partial charge in [-0.15, -0.1) is 0 Å². The van der Waals surface area contributed by atoms with Gasteiger partial charge in [-0.25, -0.2) is 4.39 Å². The molecular formula is C12H16FNO2. The summed E-state index contributed by atoms with van der Waals surface area (Å²) in [5.74, 6) is -1.32. The number of halogens is 1. The van der Waals surface area contributed by atoms with Crippen molar-refractivity contribution in [2.45, 2.75) is 20.3 Å². The first-order chi connectivity index (χ1) is 7.39. The zero-order valence-corrected chi connectivity index (χ0v) is 9.46. The fourth-order valence-corrected chi connectivity index (χ4v) is 1.49. The maximum absolute atomic E-state index is 13.0. The number of aryl methyl sites for hydroxylation is 1. The topological polar surface area (TPSA) is 63.3 Å². The van der Waals surface area contributed by atoms with Gasteiger partial charge in [-0.05, 0) is 43.5 Å². The van der Waals surface area contributed by atoms with Gasteiger partial charge in [0.1, 0.15) is 5.82 Å². The van der Waals surface area contributed by atoms with E-state index in [1.807, 2.05) is 6.92 Å². The van der Waals surface area contributed by atoms with E-state index in [1.165, 1.54) is 12.1 Å². The Balaban J connectivity index is 3.03. The minimum atomic E-state index is -1.04. The van der Waals surface area contributed by atoms with Crippen LogP contribution in [0.25, 0.3) is 0 Å². The first-order valence-electron chi connectivity index (χ1n) is 5.07. The number of carboxylic acids is 1. The smallest absolute Gasteiger partial charge is 0.310 e. The quantitative estimate of drug-likeness (QED) is 0.820. The Hall–Kier alpha value is -1.42. The second kappa shape index (κ2) is 4.61. The highest BCUT2D eigenvalue weighted by molar-refractivity contribution is 5.75. The molecule has 1 rings (SSSR count). The van der Waals surface area contributed by atoms with Crippen LogP contribution in [-0.4, -0.2) is 17.6 Å². The van der Waals surface area contributed by atoms with E-state index in [1.54, 1.807) is 13.0 Å². The predicted octanol–water partition coefficient (Wildman–Crippen LogP) is 1.73. The fraction of sp³-hybridized carbons (Fsp3) is 0.417. The molecule has 0 bridgehead atoms. The molecule has 0 saturated heterocycles. The first kappa shape index (κ1) is 12.6. The molecule has 1 aromatic carbocycles. The van der Waals surface area contributed by atoms with Crippen molar-refractivity contribution < 1.29 is 14.3 Å². The Morgan fingerprint density at radius 3 is 2.69 bits per heavy atom. The minimum absolute atomic E-state index is 0.0261. The van der Waals surface area contributed by atoms with E-state index in [9.17, 15) is 9.18 Å². The molecule has 0 amide bonds. The molecule has 1 unspecified atom stereocenters. The van der Waals surface area contributed by atoms with Crippen LogP contribution in [0, 0.1) is 18.2 Å². The van der Waals surface area contributed by atoms with E-state index in [0.29, 0.717) is 5.56 Å². The van der Waals surface area contributed by atoms with Crippen LogP contribution in [0.5, 0.6) is 0 Å². The van der Waals surface area contributed by atoms with Crippen LogP contribution in [0.15, 0.2) is 18.2 Å². The third-order valence-corrected chi connectivity index (χ3v) is 2.86. The second-order valence-corrected chi connectivity index (χ2v) is 4.32. The molecule has 3 N–H and O–H groups in total. The van der Waals surface area contributed by atoms with E-state index in [4.69, 9.17) is 10.8 Å². The van der Waals surface area contributed by atoms with Gasteiger partial charge >= 0.3 is 5.97 Å². The zero-order chi connectivity index (χ0) is 12.3. The third kappa shape index (κ3) is 2.58. The van der Waals surface area contributed by atoms with Gasteiger partial charge in [-0.3, -0.25) is 4.79 Å². The Labute approximate surface area is 94.1 Å². The lowest BCUT2D eigenvalue weighted by Gasteiger charge is -2.23. The van der Waals surface area contributed by atoms with E-state index >= 15 is 0 Å². The number of carbonyl (C=O) groups is 1. The molecule has 0 aliphatic rings. The number of nitrogens with two attached hydrogens (primary N) is 1. The normalized spacial score (nSPS) is 14.5. The molecule has 0 aliphatic heterocycles. The van der Waals surface area contributed by atoms with E-state index in [0.717, 1.165) is 5.56 Å². The molecular weight excluding hydrogens is 209 g/mol. The SMILES string of the molecule is Cc1ccc(F)cc1CC(C)(CN)C(=O)O. The average Bonchev–Trinajstić information content (AvgIpc) is 2.23. The van der Waals surface area contributed by atoms with E-state index < -0.39 is 11.4 Å². The van der Waals surface area contributed by atoms with Crippen molar-refractivity contribution in [2.24, 2.45) is 11.1 Å². The summed E-state index contributed by atoms with van der Waals surface area (Å²) in [5, 5.41) is 9.08. The lowest BCUT2D eigenvalue weighted by molar-refractivity contribution is -0.147. The summed E-state index contributed by atoms with van der Waals surface area (Å²) in [6.07, 6.45) is 0.239. The third-order valence-electron chi connectivity index (χ3n) is 2.86. The molecule has 0 saturated carbocycles. The molecule has 88 valence electrons. The van der Waals surface area contributed by atoms with Crippen LogP contribution in [0.1, 0.15) is 18.1 Å². The zero-order valence-electron chi connectivity index (χ0n) is 9.46. The Morgan fingerprint density at radius 2 is 2.19 bits per heavy atom. The summed E-state index contributed by atoms with van der Waals surface area (Å²) in [5.41, 5.74) is 5.99. The van der Waals surface area contributed by atoms with Crippen LogP contribution in [0.3, 0.4) is 0 Å². The van der Waals surface area contributed by atoms with Crippen molar-refractivity contribution in [3.8, 4) is 0 Å². The number of aliphatic carboxylic acids is 1. The van der Waals surface area contributed by atoms with Gasteiger partial charge < -0.3 is 10.8 Å². The highest BCUT2D eigenvalue weighted by atomic mass is 19.1. The first-order valence-corrected chi connectivity index (χ1v) is 5.07. The molecule has 16 heavy (non-hydrogen) atoms. The summed E-state index contributed by atoms with van der Waals surface area (Å²) >= 11 is 0. The largest absolute Gasteiger partial charge is 0.481 e. The molecule has 4 heteroatoms. The van der Waals surface area contributed by atoms with Crippen LogP contribution in [0.2, 0.25) is 0 Å². The van der Waals surface area contributed by atoms with Crippen molar-refractivity contribution in [1.82, 2.24) is 0 Å². The lowest BCUT2D eigenvalue weighted by Crippen LogP contribution is -2.37. The highest BCUT2D eigenvalue weighted by Crippen LogP contribution is 2.24. The average molecular weight is 225 g/mol. The fourth-order valence-electron chi connectivity index (χ4n) is 1.49. The van der Waals surface area contributed by atoms with Gasteiger partial charge in [0.25, 0.3) is 0 Å². The maximum atomic E-state index is 13.0. The van der Waals surface area contributed by atoms with Crippen molar-refractivity contribution >= 4 is 5.97 Å². The second-order valence-electron chi connectivity index (χ2n) is 4.32. The summed E-state index contributed by atoms with van der Waals surface area (Å²) in [7, 11) is 0. The number of carboxylic acid groups (broad SMARTS) is 1. The van der Waals surface area contributed by atoms with Gasteiger partial charge in [0, 0.05) is 6.54 Å². The summed E-state index contributed by atoms with van der Waals surface area (Å²) in [6, 6.07) is 4.37. The Morgan fingerprint density at radius 1 is 1.56 bits per heavy atom. The Kier molecular flexibility index (Phi) is 3.65. The molecule has 3 nitrogen and oxygen atoms in total. The molecule has 0 aromatic heterocycles. The van der Waals surface area contributed by atoms with Gasteiger partial charge in [0.2, 0.25) is 0 Å². The molecule has 0 aliphatic carbocycles. The van der Waals surface area contributed by atoms with Gasteiger partial charge in [0.05, 0.1) is 5.41 Å².